The van der Waals surface area contributed by atoms with E-state index in [1.165, 1.54) is 16.4 Å². The van der Waals surface area contributed by atoms with Gasteiger partial charge in [-0.15, -0.1) is 0 Å². The second kappa shape index (κ2) is 7.35. The molecule has 0 aliphatic rings. The molecule has 0 atom stereocenters. The highest BCUT2D eigenvalue weighted by molar-refractivity contribution is 6.91. The van der Waals surface area contributed by atoms with Crippen molar-refractivity contribution in [1.82, 2.24) is 0 Å². The molecule has 0 bridgehead atoms. The van der Waals surface area contributed by atoms with E-state index in [2.05, 4.69) is 86.3 Å². The van der Waals surface area contributed by atoms with E-state index in [0.717, 1.165) is 0 Å². The van der Waals surface area contributed by atoms with Gasteiger partial charge in [-0.2, -0.15) is 0 Å². The molecule has 0 saturated heterocycles. The summed E-state index contributed by atoms with van der Waals surface area (Å²) in [4.78, 5) is 0. The molecule has 0 N–H and O–H groups in total. The van der Waals surface area contributed by atoms with Gasteiger partial charge >= 0.3 is 0 Å². The van der Waals surface area contributed by atoms with E-state index >= 15 is 0 Å². The van der Waals surface area contributed by atoms with Crippen LogP contribution in [0.2, 0.25) is 0 Å². The van der Waals surface area contributed by atoms with Crippen LogP contribution in [0.3, 0.4) is 0 Å². The standard InChI is InChI=1S/C19H19B/c1-3-5-12-17(4-2)20(18-13-8-6-9-14-18)19-15-10-7-11-16-19/h3-16H,1H2,2H3/b12-5-,17-4+. The minimum absolute atomic E-state index is 0.263. The van der Waals surface area contributed by atoms with Gasteiger partial charge < -0.3 is 0 Å². The lowest BCUT2D eigenvalue weighted by molar-refractivity contribution is 1.65. The second-order valence-corrected chi connectivity index (χ2v) is 4.64. The summed E-state index contributed by atoms with van der Waals surface area (Å²) in [5.74, 6) is 0. The molecular formula is C19H19B. The van der Waals surface area contributed by atoms with Gasteiger partial charge in [-0.25, -0.2) is 0 Å². The van der Waals surface area contributed by atoms with Gasteiger partial charge in [0.1, 0.15) is 0 Å². The Kier molecular flexibility index (Phi) is 5.19. The van der Waals surface area contributed by atoms with Crippen molar-refractivity contribution in [2.45, 2.75) is 6.92 Å². The zero-order chi connectivity index (χ0) is 14.2. The first-order valence-corrected chi connectivity index (χ1v) is 6.92. The highest BCUT2D eigenvalue weighted by Gasteiger charge is 2.21. The highest BCUT2D eigenvalue weighted by atomic mass is 14.0. The smallest absolute Gasteiger partial charge is 0.0991 e. The van der Waals surface area contributed by atoms with Crippen LogP contribution in [0, 0.1) is 0 Å². The number of hydrogen-bond acceptors (Lipinski definition) is 0. The first-order valence-electron chi connectivity index (χ1n) is 6.92. The van der Waals surface area contributed by atoms with E-state index < -0.39 is 0 Å². The van der Waals surface area contributed by atoms with E-state index in [1.807, 2.05) is 12.2 Å². The summed E-state index contributed by atoms with van der Waals surface area (Å²) in [7, 11) is 0. The second-order valence-electron chi connectivity index (χ2n) is 4.64. The third-order valence-electron chi connectivity index (χ3n) is 3.36. The summed E-state index contributed by atoms with van der Waals surface area (Å²) < 4.78 is 0. The van der Waals surface area contributed by atoms with Crippen LogP contribution >= 0.6 is 0 Å². The van der Waals surface area contributed by atoms with Crippen LogP contribution in [0.1, 0.15) is 6.92 Å². The molecule has 0 nitrogen and oxygen atoms in total. The van der Waals surface area contributed by atoms with E-state index in [0.29, 0.717) is 0 Å². The third-order valence-corrected chi connectivity index (χ3v) is 3.36. The minimum atomic E-state index is 0.263. The number of rotatable bonds is 5. The Morgan fingerprint density at radius 3 is 1.80 bits per heavy atom. The Morgan fingerprint density at radius 1 is 0.900 bits per heavy atom. The van der Waals surface area contributed by atoms with Gasteiger partial charge in [-0.1, -0.05) is 108 Å². The first-order chi connectivity index (χ1) is 9.86. The van der Waals surface area contributed by atoms with Gasteiger partial charge in [0.05, 0.1) is 0 Å². The summed E-state index contributed by atoms with van der Waals surface area (Å²) in [6, 6.07) is 21.2. The molecule has 0 radical (unpaired) electrons. The molecule has 20 heavy (non-hydrogen) atoms. The predicted octanol–water partition coefficient (Wildman–Crippen LogP) is 3.52. The molecule has 1 heteroatoms. The molecule has 0 aliphatic heterocycles. The minimum Gasteiger partial charge on any atom is -0.0991 e. The quantitative estimate of drug-likeness (QED) is 0.568. The highest BCUT2D eigenvalue weighted by Crippen LogP contribution is 2.06. The topological polar surface area (TPSA) is 0 Å². The molecule has 2 aromatic carbocycles. The van der Waals surface area contributed by atoms with Crippen LogP contribution in [0.15, 0.2) is 97.0 Å². The van der Waals surface area contributed by atoms with Crippen LogP contribution in [-0.2, 0) is 0 Å². The van der Waals surface area contributed by atoms with Gasteiger partial charge in [0.25, 0.3) is 0 Å². The fourth-order valence-electron chi connectivity index (χ4n) is 2.41. The maximum Gasteiger partial charge on any atom is 0.240 e. The van der Waals surface area contributed by atoms with Crippen molar-refractivity contribution < 1.29 is 0 Å². The molecule has 0 fully saturated rings. The van der Waals surface area contributed by atoms with Crippen LogP contribution in [0.25, 0.3) is 0 Å². The van der Waals surface area contributed by atoms with Gasteiger partial charge in [0.15, 0.2) is 0 Å². The van der Waals surface area contributed by atoms with Crippen molar-refractivity contribution in [3.05, 3.63) is 97.0 Å². The molecular weight excluding hydrogens is 239 g/mol. The van der Waals surface area contributed by atoms with Gasteiger partial charge in [0.2, 0.25) is 6.71 Å². The molecule has 0 aromatic heterocycles. The normalized spacial score (nSPS) is 11.6. The van der Waals surface area contributed by atoms with Gasteiger partial charge in [-0.3, -0.25) is 0 Å². The van der Waals surface area contributed by atoms with E-state index in [4.69, 9.17) is 0 Å². The van der Waals surface area contributed by atoms with Crippen molar-refractivity contribution in [1.29, 1.82) is 0 Å². The third kappa shape index (κ3) is 3.39. The summed E-state index contributed by atoms with van der Waals surface area (Å²) in [6.45, 7) is 6.11. The van der Waals surface area contributed by atoms with Gasteiger partial charge in [0, 0.05) is 0 Å². The summed E-state index contributed by atoms with van der Waals surface area (Å²) >= 11 is 0. The van der Waals surface area contributed by atoms with Crippen molar-refractivity contribution in [2.24, 2.45) is 0 Å². The van der Waals surface area contributed by atoms with E-state index in [1.54, 1.807) is 0 Å². The molecule has 0 saturated carbocycles. The maximum absolute atomic E-state index is 3.76. The SMILES string of the molecule is C=C/C=C\C(=C/C)B(c1ccccc1)c1ccccc1. The lowest BCUT2D eigenvalue weighted by Gasteiger charge is -2.16. The molecule has 0 heterocycles. The Hall–Kier alpha value is -2.28. The van der Waals surface area contributed by atoms with Crippen LogP contribution in [-0.4, -0.2) is 6.71 Å². The zero-order valence-corrected chi connectivity index (χ0v) is 11.9. The molecule has 0 amide bonds. The van der Waals surface area contributed by atoms with Crippen LogP contribution in [0.4, 0.5) is 0 Å². The van der Waals surface area contributed by atoms with E-state index in [-0.39, 0.29) is 6.71 Å². The fourth-order valence-corrected chi connectivity index (χ4v) is 2.41. The molecule has 2 rings (SSSR count). The molecule has 0 unspecified atom stereocenters. The summed E-state index contributed by atoms with van der Waals surface area (Å²) in [5, 5.41) is 0. The van der Waals surface area contributed by atoms with Crippen molar-refractivity contribution in [3.63, 3.8) is 0 Å². The molecule has 0 spiro atoms. The van der Waals surface area contributed by atoms with Gasteiger partial charge in [-0.05, 0) is 6.92 Å². The molecule has 98 valence electrons. The maximum atomic E-state index is 3.76. The van der Waals surface area contributed by atoms with E-state index in [9.17, 15) is 0 Å². The Labute approximate surface area is 122 Å². The Bertz CT molecular complexity index is 555. The predicted molar refractivity (Wildman–Crippen MR) is 91.0 cm³/mol. The van der Waals surface area contributed by atoms with Crippen LogP contribution in [0.5, 0.6) is 0 Å². The molecule has 2 aromatic rings. The largest absolute Gasteiger partial charge is 0.240 e. The monoisotopic (exact) mass is 258 g/mol. The lowest BCUT2D eigenvalue weighted by Crippen LogP contribution is -2.43. The average Bonchev–Trinajstić information content (AvgIpc) is 2.53. The first kappa shape index (κ1) is 14.1. The molecule has 0 aliphatic carbocycles. The van der Waals surface area contributed by atoms with Crippen molar-refractivity contribution in [3.8, 4) is 0 Å². The zero-order valence-electron chi connectivity index (χ0n) is 11.9. The average molecular weight is 258 g/mol. The number of benzene rings is 2. The van der Waals surface area contributed by atoms with Crippen molar-refractivity contribution >= 4 is 17.6 Å². The van der Waals surface area contributed by atoms with Crippen LogP contribution < -0.4 is 10.9 Å². The number of allylic oxidation sites excluding steroid dienone is 5. The lowest BCUT2D eigenvalue weighted by atomic mass is 9.36. The summed E-state index contributed by atoms with van der Waals surface area (Å²) in [6.07, 6.45) is 8.12. The van der Waals surface area contributed by atoms with Crippen molar-refractivity contribution in [2.75, 3.05) is 0 Å². The Morgan fingerprint density at radius 2 is 1.40 bits per heavy atom. The number of hydrogen-bond donors (Lipinski definition) is 0. The Balaban J connectivity index is 2.50. The fraction of sp³-hybridized carbons (Fsp3) is 0.0526. The summed E-state index contributed by atoms with van der Waals surface area (Å²) in [5.41, 5.74) is 3.89.